The van der Waals surface area contributed by atoms with Crippen LogP contribution in [0.2, 0.25) is 0 Å². The molecule has 0 aromatic carbocycles. The van der Waals surface area contributed by atoms with Crippen LogP contribution in [0, 0.1) is 0 Å². The van der Waals surface area contributed by atoms with Crippen molar-refractivity contribution in [3.8, 4) is 0 Å². The maximum Gasteiger partial charge on any atom is 0.240 e. The molecule has 1 amide bonds. The molecule has 19 heavy (non-hydrogen) atoms. The summed E-state index contributed by atoms with van der Waals surface area (Å²) in [5.74, 6) is 0.100. The normalized spacial score (nSPS) is 21.1. The van der Waals surface area contributed by atoms with Gasteiger partial charge in [0.15, 0.2) is 0 Å². The third-order valence-electron chi connectivity index (χ3n) is 3.44. The van der Waals surface area contributed by atoms with Gasteiger partial charge in [0.1, 0.15) is 0 Å². The van der Waals surface area contributed by atoms with Crippen LogP contribution in [0.3, 0.4) is 0 Å². The Hall–Kier alpha value is -0.840. The second kappa shape index (κ2) is 8.35. The molecule has 2 rings (SSSR count). The SMILES string of the molecule is CCC1(C(=O)NCc2ccccn2)CCCN1.Cl.Cl. The number of nitrogens with zero attached hydrogens (tertiary/aromatic N) is 1. The topological polar surface area (TPSA) is 54.0 Å². The number of rotatable bonds is 4. The van der Waals surface area contributed by atoms with Gasteiger partial charge >= 0.3 is 0 Å². The minimum absolute atomic E-state index is 0. The number of hydrogen-bond donors (Lipinski definition) is 2. The van der Waals surface area contributed by atoms with Crippen molar-refractivity contribution in [2.75, 3.05) is 6.54 Å². The van der Waals surface area contributed by atoms with Gasteiger partial charge in [-0.15, -0.1) is 24.8 Å². The van der Waals surface area contributed by atoms with E-state index in [9.17, 15) is 4.79 Å². The fourth-order valence-electron chi connectivity index (χ4n) is 2.31. The Morgan fingerprint density at radius 1 is 1.47 bits per heavy atom. The predicted octanol–water partition coefficient (Wildman–Crippen LogP) is 2.07. The molecule has 0 aliphatic carbocycles. The highest BCUT2D eigenvalue weighted by atomic mass is 35.5. The molecule has 2 N–H and O–H groups in total. The Labute approximate surface area is 126 Å². The highest BCUT2D eigenvalue weighted by molar-refractivity contribution is 5.86. The number of halogens is 2. The number of hydrogen-bond acceptors (Lipinski definition) is 3. The van der Waals surface area contributed by atoms with Gasteiger partial charge in [-0.05, 0) is 37.9 Å². The molecule has 2 heterocycles. The van der Waals surface area contributed by atoms with E-state index in [1.165, 1.54) is 0 Å². The van der Waals surface area contributed by atoms with E-state index in [0.717, 1.165) is 31.5 Å². The molecule has 6 heteroatoms. The lowest BCUT2D eigenvalue weighted by Crippen LogP contribution is -2.52. The fourth-order valence-corrected chi connectivity index (χ4v) is 2.31. The van der Waals surface area contributed by atoms with Crippen molar-refractivity contribution in [1.29, 1.82) is 0 Å². The van der Waals surface area contributed by atoms with Gasteiger partial charge < -0.3 is 10.6 Å². The van der Waals surface area contributed by atoms with E-state index in [-0.39, 0.29) is 36.3 Å². The van der Waals surface area contributed by atoms with Gasteiger partial charge in [-0.25, -0.2) is 0 Å². The zero-order chi connectivity index (χ0) is 12.1. The van der Waals surface area contributed by atoms with Crippen LogP contribution in [0.4, 0.5) is 0 Å². The Bertz CT molecular complexity index is 381. The molecule has 108 valence electrons. The lowest BCUT2D eigenvalue weighted by Gasteiger charge is -2.26. The molecular weight excluding hydrogens is 285 g/mol. The lowest BCUT2D eigenvalue weighted by atomic mass is 9.93. The van der Waals surface area contributed by atoms with Gasteiger partial charge in [0.05, 0.1) is 17.8 Å². The van der Waals surface area contributed by atoms with E-state index < -0.39 is 0 Å². The molecule has 1 atom stereocenters. The minimum Gasteiger partial charge on any atom is -0.349 e. The summed E-state index contributed by atoms with van der Waals surface area (Å²) >= 11 is 0. The first kappa shape index (κ1) is 18.2. The molecule has 1 fully saturated rings. The Morgan fingerprint density at radius 2 is 2.26 bits per heavy atom. The zero-order valence-electron chi connectivity index (χ0n) is 11.0. The van der Waals surface area contributed by atoms with Gasteiger partial charge in [0, 0.05) is 6.20 Å². The van der Waals surface area contributed by atoms with Crippen LogP contribution >= 0.6 is 24.8 Å². The summed E-state index contributed by atoms with van der Waals surface area (Å²) in [7, 11) is 0. The first-order valence-corrected chi connectivity index (χ1v) is 6.20. The highest BCUT2D eigenvalue weighted by Crippen LogP contribution is 2.23. The summed E-state index contributed by atoms with van der Waals surface area (Å²) in [6, 6.07) is 5.72. The number of aromatic nitrogens is 1. The van der Waals surface area contributed by atoms with Crippen molar-refractivity contribution in [3.05, 3.63) is 30.1 Å². The van der Waals surface area contributed by atoms with Crippen LogP contribution in [0.15, 0.2) is 24.4 Å². The number of carbonyl (C=O) groups is 1. The first-order chi connectivity index (χ1) is 8.27. The maximum atomic E-state index is 12.2. The predicted molar refractivity (Wildman–Crippen MR) is 80.8 cm³/mol. The van der Waals surface area contributed by atoms with Crippen molar-refractivity contribution in [3.63, 3.8) is 0 Å². The summed E-state index contributed by atoms with van der Waals surface area (Å²) in [6.07, 6.45) is 4.58. The molecule has 0 spiro atoms. The van der Waals surface area contributed by atoms with Crippen molar-refractivity contribution < 1.29 is 4.79 Å². The molecular formula is C13H21Cl2N3O. The van der Waals surface area contributed by atoms with Crippen molar-refractivity contribution in [1.82, 2.24) is 15.6 Å². The second-order valence-corrected chi connectivity index (χ2v) is 4.47. The van der Waals surface area contributed by atoms with Crippen LogP contribution in [-0.2, 0) is 11.3 Å². The summed E-state index contributed by atoms with van der Waals surface area (Å²) in [6.45, 7) is 3.49. The van der Waals surface area contributed by atoms with E-state index in [4.69, 9.17) is 0 Å². The van der Waals surface area contributed by atoms with Crippen LogP contribution in [0.1, 0.15) is 31.9 Å². The largest absolute Gasteiger partial charge is 0.349 e. The Kier molecular flexibility index (Phi) is 7.99. The Balaban J connectivity index is 0.00000162. The van der Waals surface area contributed by atoms with Crippen LogP contribution in [-0.4, -0.2) is 23.0 Å². The van der Waals surface area contributed by atoms with Crippen LogP contribution < -0.4 is 10.6 Å². The number of amides is 1. The van der Waals surface area contributed by atoms with Gasteiger partial charge in [-0.1, -0.05) is 13.0 Å². The third-order valence-corrected chi connectivity index (χ3v) is 3.44. The first-order valence-electron chi connectivity index (χ1n) is 6.20. The molecule has 1 aromatic heterocycles. The van der Waals surface area contributed by atoms with Crippen molar-refractivity contribution in [2.45, 2.75) is 38.3 Å². The number of nitrogens with one attached hydrogen (secondary N) is 2. The monoisotopic (exact) mass is 305 g/mol. The standard InChI is InChI=1S/C13H19N3O.2ClH/c1-2-13(7-5-9-16-13)12(17)15-10-11-6-3-4-8-14-11;;/h3-4,6,8,16H,2,5,7,9-10H2,1H3,(H,15,17);2*1H. The third kappa shape index (κ3) is 4.34. The summed E-state index contributed by atoms with van der Waals surface area (Å²) in [5, 5.41) is 6.29. The molecule has 0 saturated carbocycles. The van der Waals surface area contributed by atoms with E-state index in [2.05, 4.69) is 22.5 Å². The summed E-state index contributed by atoms with van der Waals surface area (Å²) in [5.41, 5.74) is 0.541. The van der Waals surface area contributed by atoms with E-state index in [1.54, 1.807) is 6.20 Å². The smallest absolute Gasteiger partial charge is 0.240 e. The zero-order valence-corrected chi connectivity index (χ0v) is 12.6. The van der Waals surface area contributed by atoms with Crippen molar-refractivity contribution >= 4 is 30.7 Å². The van der Waals surface area contributed by atoms with Gasteiger partial charge in [-0.3, -0.25) is 9.78 Å². The number of carbonyl (C=O) groups excluding carboxylic acids is 1. The van der Waals surface area contributed by atoms with E-state index in [1.807, 2.05) is 18.2 Å². The molecule has 1 aliphatic rings. The van der Waals surface area contributed by atoms with E-state index in [0.29, 0.717) is 6.54 Å². The minimum atomic E-state index is -0.352. The highest BCUT2D eigenvalue weighted by Gasteiger charge is 2.38. The average Bonchev–Trinajstić information content (AvgIpc) is 2.87. The van der Waals surface area contributed by atoms with Crippen molar-refractivity contribution in [2.24, 2.45) is 0 Å². The van der Waals surface area contributed by atoms with Gasteiger partial charge in [-0.2, -0.15) is 0 Å². The van der Waals surface area contributed by atoms with Crippen LogP contribution in [0.25, 0.3) is 0 Å². The molecule has 0 radical (unpaired) electrons. The molecule has 0 bridgehead atoms. The maximum absolute atomic E-state index is 12.2. The average molecular weight is 306 g/mol. The van der Waals surface area contributed by atoms with Crippen LogP contribution in [0.5, 0.6) is 0 Å². The summed E-state index contributed by atoms with van der Waals surface area (Å²) < 4.78 is 0. The number of pyridine rings is 1. The molecule has 1 aromatic rings. The van der Waals surface area contributed by atoms with E-state index >= 15 is 0 Å². The van der Waals surface area contributed by atoms with Gasteiger partial charge in [0.2, 0.25) is 5.91 Å². The Morgan fingerprint density at radius 3 is 2.79 bits per heavy atom. The molecule has 4 nitrogen and oxygen atoms in total. The molecule has 1 unspecified atom stereocenters. The lowest BCUT2D eigenvalue weighted by molar-refractivity contribution is -0.127. The van der Waals surface area contributed by atoms with Gasteiger partial charge in [0.25, 0.3) is 0 Å². The molecule has 1 aliphatic heterocycles. The second-order valence-electron chi connectivity index (χ2n) is 4.47. The fraction of sp³-hybridized carbons (Fsp3) is 0.538. The quantitative estimate of drug-likeness (QED) is 0.895. The summed E-state index contributed by atoms with van der Waals surface area (Å²) in [4.78, 5) is 16.4. The molecule has 1 saturated heterocycles.